The fourth-order valence-electron chi connectivity index (χ4n) is 2.79. The average Bonchev–Trinajstić information content (AvgIpc) is 2.85. The number of hydrogen-bond acceptors (Lipinski definition) is 3. The van der Waals surface area contributed by atoms with Gasteiger partial charge in [-0.3, -0.25) is 13.9 Å². The summed E-state index contributed by atoms with van der Waals surface area (Å²) in [4.78, 5) is 24.5. The van der Waals surface area contributed by atoms with Gasteiger partial charge in [0.05, 0.1) is 16.7 Å². The van der Waals surface area contributed by atoms with Gasteiger partial charge >= 0.3 is 12.1 Å². The van der Waals surface area contributed by atoms with Crippen LogP contribution < -0.4 is 15.7 Å². The van der Waals surface area contributed by atoms with Crippen molar-refractivity contribution < 1.29 is 22.7 Å². The maximum absolute atomic E-state index is 12.4. The summed E-state index contributed by atoms with van der Waals surface area (Å²) in [6.07, 6.45) is -4.95. The molecule has 2 aromatic carbocycles. The van der Waals surface area contributed by atoms with Gasteiger partial charge in [0.25, 0.3) is 0 Å². The molecule has 0 aliphatic rings. The molecule has 1 heterocycles. The van der Waals surface area contributed by atoms with Gasteiger partial charge in [-0.25, -0.2) is 4.79 Å². The lowest BCUT2D eigenvalue weighted by molar-refractivity contribution is -0.274. The zero-order valence-electron chi connectivity index (χ0n) is 14.3. The van der Waals surface area contributed by atoms with Gasteiger partial charge in [0.1, 0.15) is 0 Å². The van der Waals surface area contributed by atoms with Crippen LogP contribution in [0.2, 0.25) is 0 Å². The summed E-state index contributed by atoms with van der Waals surface area (Å²) in [5.41, 5.74) is 1.04. The van der Waals surface area contributed by atoms with E-state index in [-0.39, 0.29) is 24.3 Å². The number of hydrogen-bond donors (Lipinski definition) is 1. The number of alkyl halides is 3. The molecular weight excluding hydrogens is 363 g/mol. The Morgan fingerprint density at radius 3 is 2.41 bits per heavy atom. The Morgan fingerprint density at radius 2 is 1.70 bits per heavy atom. The number of aromatic nitrogens is 2. The fourth-order valence-corrected chi connectivity index (χ4v) is 2.79. The molecule has 0 atom stereocenters. The molecular formula is C18H16F3N3O3. The third kappa shape index (κ3) is 4.13. The predicted octanol–water partition coefficient (Wildman–Crippen LogP) is 3.27. The normalized spacial score (nSPS) is 11.6. The molecule has 0 saturated carbocycles. The number of ether oxygens (including phenoxy) is 1. The second-order valence-corrected chi connectivity index (χ2v) is 5.82. The minimum absolute atomic E-state index is 0.0890. The third-order valence-corrected chi connectivity index (χ3v) is 4.00. The Balaban J connectivity index is 1.74. The van der Waals surface area contributed by atoms with Crippen LogP contribution in [-0.4, -0.2) is 21.4 Å². The molecule has 0 spiro atoms. The van der Waals surface area contributed by atoms with Crippen LogP contribution in [0.4, 0.5) is 18.9 Å². The van der Waals surface area contributed by atoms with Crippen molar-refractivity contribution in [1.82, 2.24) is 9.13 Å². The first kappa shape index (κ1) is 18.6. The smallest absolute Gasteiger partial charge is 0.404 e. The largest absolute Gasteiger partial charge is 0.573 e. The highest BCUT2D eigenvalue weighted by Crippen LogP contribution is 2.30. The van der Waals surface area contributed by atoms with E-state index in [4.69, 9.17) is 0 Å². The van der Waals surface area contributed by atoms with Gasteiger partial charge < -0.3 is 10.1 Å². The average molecular weight is 379 g/mol. The molecule has 3 rings (SSSR count). The number of halogens is 3. The summed E-state index contributed by atoms with van der Waals surface area (Å²) in [5, 5.41) is 2.39. The van der Waals surface area contributed by atoms with Gasteiger partial charge in [0.2, 0.25) is 5.91 Å². The molecule has 1 amide bonds. The van der Waals surface area contributed by atoms with E-state index >= 15 is 0 Å². The van der Waals surface area contributed by atoms with Crippen LogP contribution in [0.25, 0.3) is 11.0 Å². The van der Waals surface area contributed by atoms with Crippen LogP contribution in [0.3, 0.4) is 0 Å². The van der Waals surface area contributed by atoms with Crippen molar-refractivity contribution in [1.29, 1.82) is 0 Å². The SMILES string of the molecule is Cn1c(=O)n(CCC(=O)Nc2ccccc2OC(F)(F)F)c2ccccc21. The number of carbonyl (C=O) groups excluding carboxylic acids is 1. The maximum atomic E-state index is 12.4. The Labute approximate surface area is 151 Å². The number of fused-ring (bicyclic) bond motifs is 1. The summed E-state index contributed by atoms with van der Waals surface area (Å²) in [6.45, 7) is 0.0916. The van der Waals surface area contributed by atoms with Gasteiger partial charge in [-0.1, -0.05) is 24.3 Å². The van der Waals surface area contributed by atoms with Crippen LogP contribution >= 0.6 is 0 Å². The molecule has 3 aromatic rings. The van der Waals surface area contributed by atoms with E-state index in [1.54, 1.807) is 31.3 Å². The molecule has 6 nitrogen and oxygen atoms in total. The number of para-hydroxylation sites is 4. The van der Waals surface area contributed by atoms with Crippen LogP contribution in [0.1, 0.15) is 6.42 Å². The zero-order valence-corrected chi connectivity index (χ0v) is 14.3. The second kappa shape index (κ2) is 7.18. The number of amides is 1. The van der Waals surface area contributed by atoms with E-state index in [2.05, 4.69) is 10.1 Å². The number of nitrogens with zero attached hydrogens (tertiary/aromatic N) is 2. The molecule has 0 saturated heterocycles. The van der Waals surface area contributed by atoms with Crippen molar-refractivity contribution >= 4 is 22.6 Å². The lowest BCUT2D eigenvalue weighted by atomic mass is 10.2. The number of benzene rings is 2. The predicted molar refractivity (Wildman–Crippen MR) is 93.6 cm³/mol. The molecule has 9 heteroatoms. The summed E-state index contributed by atoms with van der Waals surface area (Å²) >= 11 is 0. The molecule has 0 fully saturated rings. The van der Waals surface area contributed by atoms with E-state index in [0.717, 1.165) is 11.6 Å². The van der Waals surface area contributed by atoms with E-state index in [9.17, 15) is 22.8 Å². The maximum Gasteiger partial charge on any atom is 0.573 e. The van der Waals surface area contributed by atoms with Crippen molar-refractivity contribution in [3.63, 3.8) is 0 Å². The Bertz CT molecular complexity index is 1040. The van der Waals surface area contributed by atoms with Crippen molar-refractivity contribution in [2.75, 3.05) is 5.32 Å². The van der Waals surface area contributed by atoms with Crippen LogP contribution in [0, 0.1) is 0 Å². The van der Waals surface area contributed by atoms with Crippen molar-refractivity contribution in [2.45, 2.75) is 19.3 Å². The number of imidazole rings is 1. The molecule has 1 N–H and O–H groups in total. The summed E-state index contributed by atoms with van der Waals surface area (Å²) in [7, 11) is 1.63. The number of rotatable bonds is 5. The first-order chi connectivity index (χ1) is 12.8. The highest BCUT2D eigenvalue weighted by atomic mass is 19.4. The van der Waals surface area contributed by atoms with E-state index < -0.39 is 18.0 Å². The molecule has 0 bridgehead atoms. The topological polar surface area (TPSA) is 65.3 Å². The minimum Gasteiger partial charge on any atom is -0.404 e. The number of anilines is 1. The second-order valence-electron chi connectivity index (χ2n) is 5.82. The fraction of sp³-hybridized carbons (Fsp3) is 0.222. The number of nitrogens with one attached hydrogen (secondary N) is 1. The Hall–Kier alpha value is -3.23. The quantitative estimate of drug-likeness (QED) is 0.740. The molecule has 0 aliphatic carbocycles. The lowest BCUT2D eigenvalue weighted by Crippen LogP contribution is -2.25. The van der Waals surface area contributed by atoms with Crippen LogP contribution in [0.5, 0.6) is 5.75 Å². The van der Waals surface area contributed by atoms with Gasteiger partial charge in [0.15, 0.2) is 5.75 Å². The summed E-state index contributed by atoms with van der Waals surface area (Å²) < 4.78 is 44.2. The van der Waals surface area contributed by atoms with Gasteiger partial charge in [-0.15, -0.1) is 13.2 Å². The minimum atomic E-state index is -4.86. The molecule has 27 heavy (non-hydrogen) atoms. The highest BCUT2D eigenvalue weighted by Gasteiger charge is 2.32. The lowest BCUT2D eigenvalue weighted by Gasteiger charge is -2.13. The molecule has 0 aliphatic heterocycles. The zero-order chi connectivity index (χ0) is 19.6. The van der Waals surface area contributed by atoms with Crippen LogP contribution in [0.15, 0.2) is 53.3 Å². The van der Waals surface area contributed by atoms with E-state index in [0.29, 0.717) is 5.52 Å². The molecule has 142 valence electrons. The Morgan fingerprint density at radius 1 is 1.07 bits per heavy atom. The Kier molecular flexibility index (Phi) is 4.93. The van der Waals surface area contributed by atoms with E-state index in [1.807, 2.05) is 0 Å². The highest BCUT2D eigenvalue weighted by molar-refractivity contribution is 5.92. The molecule has 1 aromatic heterocycles. The third-order valence-electron chi connectivity index (χ3n) is 4.00. The van der Waals surface area contributed by atoms with E-state index in [1.165, 1.54) is 27.3 Å². The summed E-state index contributed by atoms with van der Waals surface area (Å²) in [5.74, 6) is -1.03. The summed E-state index contributed by atoms with van der Waals surface area (Å²) in [6, 6.07) is 12.4. The number of aryl methyl sites for hydroxylation is 2. The first-order valence-electron chi connectivity index (χ1n) is 8.05. The van der Waals surface area contributed by atoms with Gasteiger partial charge in [-0.2, -0.15) is 0 Å². The van der Waals surface area contributed by atoms with Crippen molar-refractivity contribution in [3.05, 3.63) is 59.0 Å². The van der Waals surface area contributed by atoms with Crippen molar-refractivity contribution in [2.24, 2.45) is 7.05 Å². The molecule has 0 unspecified atom stereocenters. The van der Waals surface area contributed by atoms with Crippen molar-refractivity contribution in [3.8, 4) is 5.75 Å². The van der Waals surface area contributed by atoms with Gasteiger partial charge in [0, 0.05) is 20.0 Å². The van der Waals surface area contributed by atoms with Gasteiger partial charge in [-0.05, 0) is 24.3 Å². The first-order valence-corrected chi connectivity index (χ1v) is 8.05. The molecule has 0 radical (unpaired) electrons. The number of carbonyl (C=O) groups is 1. The van der Waals surface area contributed by atoms with Crippen LogP contribution in [-0.2, 0) is 18.4 Å². The monoisotopic (exact) mass is 379 g/mol. The standard InChI is InChI=1S/C18H16F3N3O3/c1-23-13-7-3-4-8-14(13)24(17(23)26)11-10-16(25)22-12-6-2-5-9-15(12)27-18(19,20)21/h2-9H,10-11H2,1H3,(H,22,25).